The van der Waals surface area contributed by atoms with E-state index in [0.29, 0.717) is 16.9 Å². The van der Waals surface area contributed by atoms with Crippen molar-refractivity contribution in [1.29, 1.82) is 0 Å². The van der Waals surface area contributed by atoms with Crippen molar-refractivity contribution in [3.63, 3.8) is 0 Å². The van der Waals surface area contributed by atoms with Gasteiger partial charge in [-0.25, -0.2) is 0 Å². The Labute approximate surface area is 136 Å². The molecule has 0 atom stereocenters. The third-order valence-corrected chi connectivity index (χ3v) is 5.23. The van der Waals surface area contributed by atoms with Crippen molar-refractivity contribution < 1.29 is 0 Å². The van der Waals surface area contributed by atoms with Gasteiger partial charge in [0.25, 0.3) is 0 Å². The van der Waals surface area contributed by atoms with Gasteiger partial charge in [0.15, 0.2) is 0 Å². The van der Waals surface area contributed by atoms with Crippen LogP contribution in [0.15, 0.2) is 16.6 Å². The second kappa shape index (κ2) is 5.53. The maximum absolute atomic E-state index is 6.25. The Kier molecular flexibility index (Phi) is 4.47. The van der Waals surface area contributed by atoms with Crippen LogP contribution >= 0.6 is 27.5 Å². The van der Waals surface area contributed by atoms with E-state index in [1.807, 2.05) is 13.0 Å². The van der Waals surface area contributed by atoms with E-state index in [1.54, 1.807) is 0 Å². The summed E-state index contributed by atoms with van der Waals surface area (Å²) < 4.78 is 1.10. The zero-order valence-corrected chi connectivity index (χ0v) is 15.5. The highest BCUT2D eigenvalue weighted by Gasteiger charge is 2.38. The number of anilines is 1. The van der Waals surface area contributed by atoms with E-state index in [4.69, 9.17) is 11.6 Å². The minimum Gasteiger partial charge on any atom is -0.381 e. The Morgan fingerprint density at radius 1 is 1.15 bits per heavy atom. The summed E-state index contributed by atoms with van der Waals surface area (Å²) in [6.45, 7) is 11.5. The van der Waals surface area contributed by atoms with Gasteiger partial charge in [-0.15, -0.1) is 0 Å². The van der Waals surface area contributed by atoms with Crippen molar-refractivity contribution in [3.8, 4) is 0 Å². The minimum absolute atomic E-state index is 0.389. The smallest absolute Gasteiger partial charge is 0.0501 e. The molecule has 0 aliphatic heterocycles. The fraction of sp³-hybridized carbons (Fsp3) is 0.647. The van der Waals surface area contributed by atoms with Gasteiger partial charge in [-0.2, -0.15) is 0 Å². The van der Waals surface area contributed by atoms with E-state index in [2.05, 4.69) is 55.0 Å². The first-order valence-electron chi connectivity index (χ1n) is 7.30. The van der Waals surface area contributed by atoms with Crippen molar-refractivity contribution in [3.05, 3.63) is 27.2 Å². The fourth-order valence-electron chi connectivity index (χ4n) is 3.92. The van der Waals surface area contributed by atoms with Gasteiger partial charge in [0.05, 0.1) is 5.69 Å². The van der Waals surface area contributed by atoms with Crippen molar-refractivity contribution in [1.82, 2.24) is 0 Å². The average molecular weight is 359 g/mol. The summed E-state index contributed by atoms with van der Waals surface area (Å²) in [4.78, 5) is 0. The van der Waals surface area contributed by atoms with Gasteiger partial charge in [0.2, 0.25) is 0 Å². The normalized spacial score (nSPS) is 21.8. The van der Waals surface area contributed by atoms with E-state index in [0.717, 1.165) is 20.7 Å². The number of hydrogen-bond acceptors (Lipinski definition) is 1. The van der Waals surface area contributed by atoms with E-state index in [-0.39, 0.29) is 0 Å². The predicted molar refractivity (Wildman–Crippen MR) is 92.7 cm³/mol. The lowest BCUT2D eigenvalue weighted by Crippen LogP contribution is -2.40. The first kappa shape index (κ1) is 16.2. The predicted octanol–water partition coefficient (Wildman–Crippen LogP) is 6.43. The van der Waals surface area contributed by atoms with Gasteiger partial charge in [0.1, 0.15) is 0 Å². The molecule has 1 aliphatic rings. The molecule has 0 heterocycles. The molecular formula is C17H25BrClN. The van der Waals surface area contributed by atoms with E-state index in [1.165, 1.54) is 19.3 Å². The first-order valence-corrected chi connectivity index (χ1v) is 8.47. The molecular weight excluding hydrogens is 334 g/mol. The molecule has 20 heavy (non-hydrogen) atoms. The van der Waals surface area contributed by atoms with E-state index < -0.39 is 0 Å². The number of benzene rings is 1. The standard InChI is InChI=1S/C17H25BrClN/c1-11-6-13(18)15(7-14(11)19)20-12-8-16(2,3)10-17(4,5)9-12/h6-7,12,20H,8-10H2,1-5H3. The maximum atomic E-state index is 6.25. The van der Waals surface area contributed by atoms with Crippen LogP contribution in [-0.4, -0.2) is 6.04 Å². The van der Waals surface area contributed by atoms with Gasteiger partial charge in [-0.3, -0.25) is 0 Å². The highest BCUT2D eigenvalue weighted by Crippen LogP contribution is 2.46. The van der Waals surface area contributed by atoms with Gasteiger partial charge in [-0.05, 0) is 70.6 Å². The molecule has 1 N–H and O–H groups in total. The van der Waals surface area contributed by atoms with Crippen molar-refractivity contribution in [2.75, 3.05) is 5.32 Å². The van der Waals surface area contributed by atoms with Crippen LogP contribution in [0, 0.1) is 17.8 Å². The summed E-state index contributed by atoms with van der Waals surface area (Å²) in [5, 5.41) is 4.52. The van der Waals surface area contributed by atoms with Crippen LogP contribution in [0.1, 0.15) is 52.5 Å². The number of hydrogen-bond donors (Lipinski definition) is 1. The molecule has 0 saturated heterocycles. The molecule has 3 heteroatoms. The lowest BCUT2D eigenvalue weighted by Gasteiger charge is -2.45. The summed E-state index contributed by atoms with van der Waals surface area (Å²) >= 11 is 9.90. The molecule has 0 aromatic heterocycles. The Morgan fingerprint density at radius 3 is 2.25 bits per heavy atom. The highest BCUT2D eigenvalue weighted by molar-refractivity contribution is 9.10. The molecule has 1 aliphatic carbocycles. The van der Waals surface area contributed by atoms with Crippen LogP contribution in [0.3, 0.4) is 0 Å². The largest absolute Gasteiger partial charge is 0.381 e. The highest BCUT2D eigenvalue weighted by atomic mass is 79.9. The molecule has 2 rings (SSSR count). The summed E-state index contributed by atoms with van der Waals surface area (Å²) in [7, 11) is 0. The van der Waals surface area contributed by atoms with E-state index >= 15 is 0 Å². The number of rotatable bonds is 2. The molecule has 0 spiro atoms. The van der Waals surface area contributed by atoms with Crippen molar-refractivity contribution in [2.45, 2.75) is 59.9 Å². The average Bonchev–Trinajstić information content (AvgIpc) is 2.21. The second-order valence-electron chi connectivity index (χ2n) is 7.84. The topological polar surface area (TPSA) is 12.0 Å². The van der Waals surface area contributed by atoms with Crippen molar-refractivity contribution in [2.24, 2.45) is 10.8 Å². The Bertz CT molecular complexity index is 492. The monoisotopic (exact) mass is 357 g/mol. The van der Waals surface area contributed by atoms with Crippen molar-refractivity contribution >= 4 is 33.2 Å². The molecule has 1 fully saturated rings. The van der Waals surface area contributed by atoms with Crippen LogP contribution in [-0.2, 0) is 0 Å². The van der Waals surface area contributed by atoms with Crippen LogP contribution in [0.4, 0.5) is 5.69 Å². The quantitative estimate of drug-likeness (QED) is 0.642. The van der Waals surface area contributed by atoms with Gasteiger partial charge in [-0.1, -0.05) is 39.3 Å². The minimum atomic E-state index is 0.389. The van der Waals surface area contributed by atoms with Crippen LogP contribution in [0.2, 0.25) is 5.02 Å². The number of nitrogens with one attached hydrogen (secondary N) is 1. The fourth-order valence-corrected chi connectivity index (χ4v) is 4.66. The van der Waals surface area contributed by atoms with Crippen LogP contribution in [0.25, 0.3) is 0 Å². The van der Waals surface area contributed by atoms with Gasteiger partial charge < -0.3 is 5.32 Å². The molecule has 1 aromatic rings. The zero-order chi connectivity index (χ0) is 15.1. The summed E-state index contributed by atoms with van der Waals surface area (Å²) in [5.74, 6) is 0. The maximum Gasteiger partial charge on any atom is 0.0501 e. The van der Waals surface area contributed by atoms with Gasteiger partial charge in [0, 0.05) is 15.5 Å². The molecule has 112 valence electrons. The molecule has 0 unspecified atom stereocenters. The Hall–Kier alpha value is -0.210. The number of halogens is 2. The van der Waals surface area contributed by atoms with Crippen LogP contribution in [0.5, 0.6) is 0 Å². The van der Waals surface area contributed by atoms with Gasteiger partial charge >= 0.3 is 0 Å². The summed E-state index contributed by atoms with van der Waals surface area (Å²) in [6, 6.07) is 4.63. The summed E-state index contributed by atoms with van der Waals surface area (Å²) in [5.41, 5.74) is 2.99. The zero-order valence-electron chi connectivity index (χ0n) is 13.1. The number of aryl methyl sites for hydroxylation is 1. The molecule has 1 aromatic carbocycles. The third-order valence-electron chi connectivity index (χ3n) is 4.16. The summed E-state index contributed by atoms with van der Waals surface area (Å²) in [6.07, 6.45) is 3.69. The lowest BCUT2D eigenvalue weighted by atomic mass is 9.63. The first-order chi connectivity index (χ1) is 9.08. The molecule has 1 nitrogen and oxygen atoms in total. The lowest BCUT2D eigenvalue weighted by molar-refractivity contribution is 0.105. The third kappa shape index (κ3) is 3.92. The molecule has 0 amide bonds. The van der Waals surface area contributed by atoms with Crippen LogP contribution < -0.4 is 5.32 Å². The molecule has 1 saturated carbocycles. The molecule has 0 bridgehead atoms. The molecule has 0 radical (unpaired) electrons. The second-order valence-corrected chi connectivity index (χ2v) is 9.10. The SMILES string of the molecule is Cc1cc(Br)c(NC2CC(C)(C)CC(C)(C)C2)cc1Cl. The van der Waals surface area contributed by atoms with E-state index in [9.17, 15) is 0 Å². The Balaban J connectivity index is 2.19. The Morgan fingerprint density at radius 2 is 1.70 bits per heavy atom.